The van der Waals surface area contributed by atoms with Crippen LogP contribution >= 0.6 is 0 Å². The van der Waals surface area contributed by atoms with Gasteiger partial charge in [-0.2, -0.15) is 5.10 Å². The molecule has 0 bridgehead atoms. The summed E-state index contributed by atoms with van der Waals surface area (Å²) in [6.07, 6.45) is 3.33. The quantitative estimate of drug-likeness (QED) is 0.643. The zero-order chi connectivity index (χ0) is 16.2. The van der Waals surface area contributed by atoms with Crippen molar-refractivity contribution < 1.29 is 9.53 Å². The highest BCUT2D eigenvalue weighted by Crippen LogP contribution is 2.17. The van der Waals surface area contributed by atoms with Gasteiger partial charge >= 0.3 is 0 Å². The van der Waals surface area contributed by atoms with Crippen molar-refractivity contribution in [3.63, 3.8) is 0 Å². The monoisotopic (exact) mass is 311 g/mol. The van der Waals surface area contributed by atoms with Crippen molar-refractivity contribution in [2.24, 2.45) is 7.05 Å². The van der Waals surface area contributed by atoms with Gasteiger partial charge in [0.2, 0.25) is 0 Å². The van der Waals surface area contributed by atoms with E-state index in [-0.39, 0.29) is 5.78 Å². The van der Waals surface area contributed by atoms with Gasteiger partial charge in [0.15, 0.2) is 5.78 Å². The van der Waals surface area contributed by atoms with Crippen LogP contribution in [0.3, 0.4) is 0 Å². The van der Waals surface area contributed by atoms with Gasteiger partial charge in [0.1, 0.15) is 0 Å². The maximum atomic E-state index is 12.2. The molecule has 2 aromatic rings. The van der Waals surface area contributed by atoms with E-state index in [4.69, 9.17) is 4.74 Å². The van der Waals surface area contributed by atoms with Gasteiger partial charge in [0.25, 0.3) is 0 Å². The number of carbonyl (C=O) groups excluding carboxylic acids is 1. The number of anilines is 1. The third-order valence-corrected chi connectivity index (χ3v) is 4.07. The Hall–Kier alpha value is -2.40. The molecule has 0 aliphatic carbocycles. The molecule has 2 heterocycles. The summed E-state index contributed by atoms with van der Waals surface area (Å²) in [4.78, 5) is 14.5. The van der Waals surface area contributed by atoms with Crippen LogP contribution in [0.15, 0.2) is 36.4 Å². The van der Waals surface area contributed by atoms with Gasteiger partial charge < -0.3 is 9.64 Å². The van der Waals surface area contributed by atoms with Gasteiger partial charge in [0, 0.05) is 37.1 Å². The topological polar surface area (TPSA) is 47.4 Å². The number of aryl methyl sites for hydroxylation is 2. The number of benzene rings is 1. The maximum absolute atomic E-state index is 12.2. The Kier molecular flexibility index (Phi) is 4.57. The first kappa shape index (κ1) is 15.5. The molecular weight excluding hydrogens is 290 g/mol. The Labute approximate surface area is 136 Å². The van der Waals surface area contributed by atoms with Crippen LogP contribution in [0.5, 0.6) is 0 Å². The van der Waals surface area contributed by atoms with Crippen LogP contribution in [0, 0.1) is 6.92 Å². The van der Waals surface area contributed by atoms with Crippen molar-refractivity contribution in [1.82, 2.24) is 9.78 Å². The second-order valence-corrected chi connectivity index (χ2v) is 5.68. The van der Waals surface area contributed by atoms with Crippen molar-refractivity contribution in [3.8, 4) is 0 Å². The maximum Gasteiger partial charge on any atom is 0.185 e. The number of nitrogens with zero attached hydrogens (tertiary/aromatic N) is 3. The number of ether oxygens (including phenoxy) is 1. The van der Waals surface area contributed by atoms with E-state index in [0.29, 0.717) is 5.56 Å². The molecule has 0 spiro atoms. The van der Waals surface area contributed by atoms with Crippen LogP contribution in [0.2, 0.25) is 0 Å². The molecule has 1 aromatic heterocycles. The van der Waals surface area contributed by atoms with Crippen molar-refractivity contribution in [3.05, 3.63) is 53.4 Å². The molecule has 0 unspecified atom stereocenters. The Morgan fingerprint density at radius 3 is 2.52 bits per heavy atom. The molecule has 1 fully saturated rings. The highest BCUT2D eigenvalue weighted by Gasteiger charge is 2.11. The van der Waals surface area contributed by atoms with Gasteiger partial charge in [-0.1, -0.05) is 0 Å². The SMILES string of the molecule is Cc1cc(/C=C/C(=O)c2ccc(N3CCOCC3)cc2)nn1C. The highest BCUT2D eigenvalue weighted by molar-refractivity contribution is 6.06. The van der Waals surface area contributed by atoms with Gasteiger partial charge in [-0.05, 0) is 49.4 Å². The molecule has 120 valence electrons. The van der Waals surface area contributed by atoms with Crippen LogP contribution in [0.4, 0.5) is 5.69 Å². The summed E-state index contributed by atoms with van der Waals surface area (Å²) in [5.41, 5.74) is 3.68. The molecule has 1 aliphatic rings. The van der Waals surface area contributed by atoms with E-state index >= 15 is 0 Å². The molecule has 0 N–H and O–H groups in total. The first-order chi connectivity index (χ1) is 11.1. The third-order valence-electron chi connectivity index (χ3n) is 4.07. The Balaban J connectivity index is 1.67. The average Bonchev–Trinajstić information content (AvgIpc) is 2.92. The standard InChI is InChI=1S/C18H21N3O2/c1-14-13-16(19-20(14)2)5-8-18(22)15-3-6-17(7-4-15)21-9-11-23-12-10-21/h3-8,13H,9-12H2,1-2H3/b8-5+. The molecule has 0 radical (unpaired) electrons. The first-order valence-corrected chi connectivity index (χ1v) is 7.79. The molecule has 0 atom stereocenters. The zero-order valence-electron chi connectivity index (χ0n) is 13.5. The molecule has 1 aromatic carbocycles. The fraction of sp³-hybridized carbons (Fsp3) is 0.333. The fourth-order valence-corrected chi connectivity index (χ4v) is 2.59. The lowest BCUT2D eigenvalue weighted by molar-refractivity contribution is 0.104. The Bertz CT molecular complexity index is 691. The number of allylic oxidation sites excluding steroid dienone is 1. The van der Waals surface area contributed by atoms with E-state index in [1.807, 2.05) is 44.3 Å². The van der Waals surface area contributed by atoms with E-state index in [2.05, 4.69) is 10.00 Å². The number of ketones is 1. The van der Waals surface area contributed by atoms with E-state index in [1.165, 1.54) is 0 Å². The van der Waals surface area contributed by atoms with E-state index in [0.717, 1.165) is 43.4 Å². The normalized spacial score (nSPS) is 15.3. The summed E-state index contributed by atoms with van der Waals surface area (Å²) in [5.74, 6) is -0.0122. The highest BCUT2D eigenvalue weighted by atomic mass is 16.5. The third kappa shape index (κ3) is 3.68. The van der Waals surface area contributed by atoms with Crippen molar-refractivity contribution >= 4 is 17.5 Å². The van der Waals surface area contributed by atoms with Crippen molar-refractivity contribution in [2.45, 2.75) is 6.92 Å². The lowest BCUT2D eigenvalue weighted by atomic mass is 10.1. The summed E-state index contributed by atoms with van der Waals surface area (Å²) in [5, 5.41) is 4.31. The van der Waals surface area contributed by atoms with Crippen LogP contribution < -0.4 is 4.90 Å². The number of carbonyl (C=O) groups is 1. The van der Waals surface area contributed by atoms with Gasteiger partial charge in [-0.25, -0.2) is 0 Å². The van der Waals surface area contributed by atoms with Crippen molar-refractivity contribution in [2.75, 3.05) is 31.2 Å². The fourth-order valence-electron chi connectivity index (χ4n) is 2.59. The second kappa shape index (κ2) is 6.79. The molecule has 0 amide bonds. The smallest absolute Gasteiger partial charge is 0.185 e. The zero-order valence-corrected chi connectivity index (χ0v) is 13.5. The molecule has 0 saturated carbocycles. The van der Waals surface area contributed by atoms with Gasteiger partial charge in [-0.15, -0.1) is 0 Å². The average molecular weight is 311 g/mol. The van der Waals surface area contributed by atoms with E-state index in [1.54, 1.807) is 16.8 Å². The van der Waals surface area contributed by atoms with Crippen LogP contribution in [0.1, 0.15) is 21.7 Å². The minimum Gasteiger partial charge on any atom is -0.378 e. The summed E-state index contributed by atoms with van der Waals surface area (Å²) in [6, 6.07) is 9.70. The van der Waals surface area contributed by atoms with Crippen LogP contribution in [-0.2, 0) is 11.8 Å². The number of hydrogen-bond acceptors (Lipinski definition) is 4. The Morgan fingerprint density at radius 1 is 1.22 bits per heavy atom. The molecule has 1 aliphatic heterocycles. The molecule has 1 saturated heterocycles. The summed E-state index contributed by atoms with van der Waals surface area (Å²) in [6.45, 7) is 5.29. The Morgan fingerprint density at radius 2 is 1.91 bits per heavy atom. The molecule has 3 rings (SSSR count). The van der Waals surface area contributed by atoms with Crippen LogP contribution in [-0.4, -0.2) is 41.9 Å². The predicted octanol–water partition coefficient (Wildman–Crippen LogP) is 2.46. The predicted molar refractivity (Wildman–Crippen MR) is 90.8 cm³/mol. The summed E-state index contributed by atoms with van der Waals surface area (Å²) >= 11 is 0. The largest absolute Gasteiger partial charge is 0.378 e. The minimum absolute atomic E-state index is 0.0122. The molecular formula is C18H21N3O2. The number of morpholine rings is 1. The lowest BCUT2D eigenvalue weighted by Gasteiger charge is -2.28. The molecule has 5 nitrogen and oxygen atoms in total. The number of hydrogen-bond donors (Lipinski definition) is 0. The van der Waals surface area contributed by atoms with E-state index < -0.39 is 0 Å². The first-order valence-electron chi connectivity index (χ1n) is 7.79. The number of rotatable bonds is 4. The van der Waals surface area contributed by atoms with Crippen molar-refractivity contribution in [1.29, 1.82) is 0 Å². The lowest BCUT2D eigenvalue weighted by Crippen LogP contribution is -2.36. The summed E-state index contributed by atoms with van der Waals surface area (Å²) in [7, 11) is 1.89. The summed E-state index contributed by atoms with van der Waals surface area (Å²) < 4.78 is 7.15. The number of aromatic nitrogens is 2. The van der Waals surface area contributed by atoms with E-state index in [9.17, 15) is 4.79 Å². The van der Waals surface area contributed by atoms with Crippen LogP contribution in [0.25, 0.3) is 6.08 Å². The minimum atomic E-state index is -0.0122. The van der Waals surface area contributed by atoms with Gasteiger partial charge in [-0.3, -0.25) is 9.48 Å². The molecule has 23 heavy (non-hydrogen) atoms. The second-order valence-electron chi connectivity index (χ2n) is 5.68. The van der Waals surface area contributed by atoms with Gasteiger partial charge in [0.05, 0.1) is 18.9 Å². The molecule has 5 heteroatoms.